The van der Waals surface area contributed by atoms with Crippen molar-refractivity contribution in [1.29, 1.82) is 0 Å². The van der Waals surface area contributed by atoms with Crippen molar-refractivity contribution < 1.29 is 14.6 Å². The number of amides is 1. The second kappa shape index (κ2) is 11.1. The maximum Gasteiger partial charge on any atom is 0.237 e. The molecular formula is C25H36N2O3S. The summed E-state index contributed by atoms with van der Waals surface area (Å²) >= 11 is 1.76. The van der Waals surface area contributed by atoms with Crippen LogP contribution in [0.4, 0.5) is 0 Å². The maximum atomic E-state index is 13.3. The topological polar surface area (TPSA) is 53.0 Å². The number of likely N-dealkylation sites (N-methyl/N-ethyl adjacent to an activating group) is 1. The lowest BCUT2D eigenvalue weighted by Gasteiger charge is -2.37. The summed E-state index contributed by atoms with van der Waals surface area (Å²) < 4.78 is 6.22. The van der Waals surface area contributed by atoms with E-state index in [0.717, 1.165) is 37.1 Å². The largest absolute Gasteiger partial charge is 0.491 e. The maximum absolute atomic E-state index is 13.3. The molecule has 1 amide bonds. The monoisotopic (exact) mass is 444 g/mol. The second-order valence-corrected chi connectivity index (χ2v) is 9.50. The molecule has 2 heterocycles. The molecule has 0 bridgehead atoms. The van der Waals surface area contributed by atoms with E-state index >= 15 is 0 Å². The van der Waals surface area contributed by atoms with Gasteiger partial charge in [-0.3, -0.25) is 9.69 Å². The first-order valence-electron chi connectivity index (χ1n) is 11.4. The molecule has 3 rings (SSSR count). The molecule has 170 valence electrons. The van der Waals surface area contributed by atoms with Crippen LogP contribution >= 0.6 is 11.3 Å². The summed E-state index contributed by atoms with van der Waals surface area (Å²) in [6.45, 7) is 11.0. The Hall–Kier alpha value is -1.89. The molecule has 31 heavy (non-hydrogen) atoms. The average molecular weight is 445 g/mol. The van der Waals surface area contributed by atoms with Crippen LogP contribution in [0.1, 0.15) is 54.3 Å². The Morgan fingerprint density at radius 1 is 1.32 bits per heavy atom. The lowest BCUT2D eigenvalue weighted by atomic mass is 10.00. The first-order chi connectivity index (χ1) is 14.9. The molecule has 0 saturated carbocycles. The molecule has 0 saturated heterocycles. The lowest BCUT2D eigenvalue weighted by molar-refractivity contribution is -0.136. The van der Waals surface area contributed by atoms with Crippen molar-refractivity contribution in [2.24, 2.45) is 0 Å². The van der Waals surface area contributed by atoms with Gasteiger partial charge in [-0.1, -0.05) is 38.0 Å². The van der Waals surface area contributed by atoms with Crippen LogP contribution < -0.4 is 4.74 Å². The van der Waals surface area contributed by atoms with Crippen LogP contribution in [0.3, 0.4) is 0 Å². The summed E-state index contributed by atoms with van der Waals surface area (Å²) in [5.74, 6) is 0.981. The van der Waals surface area contributed by atoms with E-state index in [1.54, 1.807) is 11.3 Å². The van der Waals surface area contributed by atoms with Crippen molar-refractivity contribution in [3.8, 4) is 5.75 Å². The summed E-state index contributed by atoms with van der Waals surface area (Å²) in [5.41, 5.74) is 3.54. The van der Waals surface area contributed by atoms with Gasteiger partial charge in [-0.2, -0.15) is 0 Å². The molecule has 0 radical (unpaired) electrons. The van der Waals surface area contributed by atoms with Crippen molar-refractivity contribution in [2.75, 3.05) is 32.8 Å². The van der Waals surface area contributed by atoms with Crippen molar-refractivity contribution in [1.82, 2.24) is 9.80 Å². The number of benzene rings is 1. The third-order valence-electron chi connectivity index (χ3n) is 6.04. The van der Waals surface area contributed by atoms with Crippen LogP contribution in [0, 0.1) is 13.8 Å². The van der Waals surface area contributed by atoms with Crippen LogP contribution in [0.2, 0.25) is 0 Å². The van der Waals surface area contributed by atoms with Crippen LogP contribution in [0.5, 0.6) is 5.75 Å². The van der Waals surface area contributed by atoms with Gasteiger partial charge in [-0.15, -0.1) is 11.3 Å². The highest BCUT2D eigenvalue weighted by atomic mass is 32.1. The highest BCUT2D eigenvalue weighted by molar-refractivity contribution is 7.10. The number of aryl methyl sites for hydroxylation is 2. The fraction of sp³-hybridized carbons (Fsp3) is 0.560. The van der Waals surface area contributed by atoms with Gasteiger partial charge in [0, 0.05) is 18.0 Å². The number of carbonyl (C=O) groups excluding carboxylic acids is 1. The highest BCUT2D eigenvalue weighted by Crippen LogP contribution is 2.34. The highest BCUT2D eigenvalue weighted by Gasteiger charge is 2.33. The number of nitrogens with zero attached hydrogens (tertiary/aromatic N) is 2. The Morgan fingerprint density at radius 3 is 2.84 bits per heavy atom. The molecule has 1 aromatic heterocycles. The lowest BCUT2D eigenvalue weighted by Crippen LogP contribution is -2.47. The summed E-state index contributed by atoms with van der Waals surface area (Å²) in [4.78, 5) is 18.7. The minimum absolute atomic E-state index is 0.0810. The molecule has 1 aromatic carbocycles. The molecular weight excluding hydrogens is 408 g/mol. The summed E-state index contributed by atoms with van der Waals surface area (Å²) in [6.07, 6.45) is 2.21. The van der Waals surface area contributed by atoms with E-state index in [1.807, 2.05) is 22.8 Å². The van der Waals surface area contributed by atoms with Gasteiger partial charge in [0.25, 0.3) is 0 Å². The molecule has 0 fully saturated rings. The Morgan fingerprint density at radius 2 is 2.13 bits per heavy atom. The smallest absolute Gasteiger partial charge is 0.237 e. The zero-order valence-electron chi connectivity index (χ0n) is 19.3. The van der Waals surface area contributed by atoms with Crippen molar-refractivity contribution >= 4 is 17.2 Å². The number of aliphatic hydroxyl groups is 1. The fourth-order valence-corrected chi connectivity index (χ4v) is 5.24. The van der Waals surface area contributed by atoms with Crippen molar-refractivity contribution in [2.45, 2.75) is 59.1 Å². The minimum Gasteiger partial charge on any atom is -0.491 e. The van der Waals surface area contributed by atoms with Crippen LogP contribution in [0.15, 0.2) is 29.6 Å². The number of aliphatic hydroxyl groups excluding tert-OH is 1. The van der Waals surface area contributed by atoms with Crippen LogP contribution in [-0.4, -0.2) is 59.7 Å². The molecule has 0 aliphatic carbocycles. The Bertz CT molecular complexity index is 866. The number of ether oxygens (including phenoxy) is 1. The minimum atomic E-state index is -0.383. The first kappa shape index (κ1) is 23.8. The molecule has 0 unspecified atom stereocenters. The third kappa shape index (κ3) is 6.09. The Labute approximate surface area is 190 Å². The zero-order chi connectivity index (χ0) is 22.4. The summed E-state index contributed by atoms with van der Waals surface area (Å²) in [5, 5.41) is 12.3. The number of hydrogen-bond acceptors (Lipinski definition) is 5. The molecule has 0 spiro atoms. The van der Waals surface area contributed by atoms with Crippen molar-refractivity contribution in [3.63, 3.8) is 0 Å². The molecule has 1 N–H and O–H groups in total. The predicted molar refractivity (Wildman–Crippen MR) is 127 cm³/mol. The van der Waals surface area contributed by atoms with E-state index in [9.17, 15) is 9.90 Å². The molecule has 5 nitrogen and oxygen atoms in total. The number of fused-ring (bicyclic) bond motifs is 1. The van der Waals surface area contributed by atoms with Gasteiger partial charge in [0.15, 0.2) is 0 Å². The van der Waals surface area contributed by atoms with E-state index in [1.165, 1.54) is 16.0 Å². The normalized spacial score (nSPS) is 17.0. The zero-order valence-corrected chi connectivity index (χ0v) is 20.1. The van der Waals surface area contributed by atoms with E-state index in [4.69, 9.17) is 4.74 Å². The number of carbonyl (C=O) groups is 1. The first-order valence-corrected chi connectivity index (χ1v) is 12.3. The molecule has 6 heteroatoms. The Balaban J connectivity index is 1.72. The van der Waals surface area contributed by atoms with Gasteiger partial charge in [0.05, 0.1) is 18.7 Å². The molecule has 1 aliphatic rings. The predicted octanol–water partition coefficient (Wildman–Crippen LogP) is 4.35. The van der Waals surface area contributed by atoms with Gasteiger partial charge in [-0.05, 0) is 61.9 Å². The quantitative estimate of drug-likeness (QED) is 0.592. The number of rotatable bonds is 10. The second-order valence-electron chi connectivity index (χ2n) is 8.50. The third-order valence-corrected chi connectivity index (χ3v) is 7.04. The summed E-state index contributed by atoms with van der Waals surface area (Å²) in [7, 11) is 0. The van der Waals surface area contributed by atoms with E-state index < -0.39 is 0 Å². The average Bonchev–Trinajstić information content (AvgIpc) is 3.21. The van der Waals surface area contributed by atoms with E-state index in [0.29, 0.717) is 26.2 Å². The number of hydrogen-bond donors (Lipinski definition) is 1. The number of thiophene rings is 1. The van der Waals surface area contributed by atoms with Gasteiger partial charge in [0.1, 0.15) is 12.4 Å². The molecule has 1 aliphatic heterocycles. The Kier molecular flexibility index (Phi) is 8.52. The van der Waals surface area contributed by atoms with Crippen molar-refractivity contribution in [3.05, 3.63) is 51.2 Å². The van der Waals surface area contributed by atoms with E-state index in [2.05, 4.69) is 44.4 Å². The van der Waals surface area contributed by atoms with Gasteiger partial charge in [0.2, 0.25) is 5.91 Å². The van der Waals surface area contributed by atoms with Crippen LogP contribution in [-0.2, 0) is 11.2 Å². The van der Waals surface area contributed by atoms with E-state index in [-0.39, 0.29) is 18.1 Å². The fourth-order valence-electron chi connectivity index (χ4n) is 4.31. The van der Waals surface area contributed by atoms with Gasteiger partial charge < -0.3 is 14.7 Å². The van der Waals surface area contributed by atoms with Crippen LogP contribution in [0.25, 0.3) is 0 Å². The van der Waals surface area contributed by atoms with Gasteiger partial charge in [-0.25, -0.2) is 0 Å². The molecule has 2 atom stereocenters. The van der Waals surface area contributed by atoms with Gasteiger partial charge >= 0.3 is 0 Å². The molecule has 2 aromatic rings. The standard InChI is InChI=1S/C25H36N2O3S/c1-5-7-20(28)15-26(6-2)16-25(29)27-12-10-24-21(11-13-31-24)22(27)17-30-23-9-8-18(3)14-19(23)4/h8-9,11,13-14,20,22,28H,5-7,10,12,15-17H2,1-4H3/t20-,22+/m1/s1. The summed E-state index contributed by atoms with van der Waals surface area (Å²) in [6, 6.07) is 8.25. The SMILES string of the molecule is CCC[C@@H](O)CN(CC)CC(=O)N1CCc2sccc2[C@@H]1COc1ccc(C)cc1C.